The number of nitrogens with zero attached hydrogens (tertiary/aromatic N) is 1. The van der Waals surface area contributed by atoms with Gasteiger partial charge in [0.15, 0.2) is 11.6 Å². The van der Waals surface area contributed by atoms with Gasteiger partial charge in [-0.15, -0.1) is 0 Å². The average molecular weight is 193 g/mol. The Morgan fingerprint density at radius 2 is 2.07 bits per heavy atom. The third-order valence-corrected chi connectivity index (χ3v) is 1.65. The summed E-state index contributed by atoms with van der Waals surface area (Å²) in [5.74, 6) is 0.0193. The molecular formula is C11H15NO2. The highest BCUT2D eigenvalue weighted by molar-refractivity contribution is 5.99. The zero-order valence-corrected chi connectivity index (χ0v) is 8.62. The first-order chi connectivity index (χ1) is 6.61. The van der Waals surface area contributed by atoms with E-state index in [1.165, 1.54) is 19.2 Å². The predicted octanol–water partition coefficient (Wildman–Crippen LogP) is 1.74. The first-order valence-corrected chi connectivity index (χ1v) is 4.47. The summed E-state index contributed by atoms with van der Waals surface area (Å²) in [5.41, 5.74) is 0.498. The molecule has 0 fully saturated rings. The van der Waals surface area contributed by atoms with Crippen molar-refractivity contribution >= 4 is 17.8 Å². The van der Waals surface area contributed by atoms with Crippen molar-refractivity contribution in [1.82, 2.24) is 0 Å². The maximum Gasteiger partial charge on any atom is 0.159 e. The Kier molecular flexibility index (Phi) is 6.20. The number of ketones is 2. The minimum Gasteiger partial charge on any atom is -0.298 e. The van der Waals surface area contributed by atoms with Crippen LogP contribution in [0.15, 0.2) is 29.3 Å². The van der Waals surface area contributed by atoms with Gasteiger partial charge >= 0.3 is 0 Å². The smallest absolute Gasteiger partial charge is 0.159 e. The Hall–Kier alpha value is -1.51. The number of hydrogen-bond donors (Lipinski definition) is 0. The molecular weight excluding hydrogens is 178 g/mol. The Morgan fingerprint density at radius 3 is 2.50 bits per heavy atom. The maximum absolute atomic E-state index is 10.9. The number of aliphatic imine (C=N–C) groups is 1. The number of hydrogen-bond acceptors (Lipinski definition) is 3. The standard InChI is InChI=1S/C11H15NO2/c1-4-10(9(3)13)6-7-12-8-11(14)5-2/h4,6-7H,1,5,8H2,2-3H3/b10-6+,12-7?. The third-order valence-electron chi connectivity index (χ3n) is 1.65. The van der Waals surface area contributed by atoms with Crippen LogP contribution >= 0.6 is 0 Å². The highest BCUT2D eigenvalue weighted by Gasteiger charge is 1.96. The highest BCUT2D eigenvalue weighted by atomic mass is 16.1. The molecule has 0 aliphatic rings. The lowest BCUT2D eigenvalue weighted by molar-refractivity contribution is -0.117. The molecule has 0 bridgehead atoms. The van der Waals surface area contributed by atoms with Gasteiger partial charge in [0, 0.05) is 18.2 Å². The number of rotatable bonds is 6. The van der Waals surface area contributed by atoms with E-state index in [1.807, 2.05) is 0 Å². The molecule has 0 aromatic carbocycles. The van der Waals surface area contributed by atoms with Gasteiger partial charge in [-0.3, -0.25) is 14.6 Å². The fraction of sp³-hybridized carbons (Fsp3) is 0.364. The summed E-state index contributed by atoms with van der Waals surface area (Å²) in [7, 11) is 0. The predicted molar refractivity (Wildman–Crippen MR) is 57.6 cm³/mol. The van der Waals surface area contributed by atoms with Gasteiger partial charge in [0.2, 0.25) is 0 Å². The molecule has 0 saturated carbocycles. The second-order valence-electron chi connectivity index (χ2n) is 2.76. The molecule has 0 radical (unpaired) electrons. The van der Waals surface area contributed by atoms with Crippen molar-refractivity contribution in [2.45, 2.75) is 20.3 Å². The summed E-state index contributed by atoms with van der Waals surface area (Å²) in [4.78, 5) is 25.6. The van der Waals surface area contributed by atoms with Crippen LogP contribution in [0.1, 0.15) is 20.3 Å². The monoisotopic (exact) mass is 193 g/mol. The molecule has 0 heterocycles. The molecule has 14 heavy (non-hydrogen) atoms. The van der Waals surface area contributed by atoms with Crippen LogP contribution in [0.4, 0.5) is 0 Å². The van der Waals surface area contributed by atoms with Gasteiger partial charge in [0.1, 0.15) is 0 Å². The topological polar surface area (TPSA) is 46.5 Å². The van der Waals surface area contributed by atoms with E-state index >= 15 is 0 Å². The van der Waals surface area contributed by atoms with E-state index in [1.54, 1.807) is 13.0 Å². The lowest BCUT2D eigenvalue weighted by Gasteiger charge is -1.91. The van der Waals surface area contributed by atoms with Gasteiger partial charge in [-0.1, -0.05) is 19.6 Å². The first-order valence-electron chi connectivity index (χ1n) is 4.47. The fourth-order valence-electron chi connectivity index (χ4n) is 0.728. The summed E-state index contributed by atoms with van der Waals surface area (Å²) in [5, 5.41) is 0. The maximum atomic E-state index is 10.9. The second-order valence-corrected chi connectivity index (χ2v) is 2.76. The van der Waals surface area contributed by atoms with E-state index in [-0.39, 0.29) is 18.1 Å². The first kappa shape index (κ1) is 12.5. The zero-order valence-electron chi connectivity index (χ0n) is 8.62. The molecule has 0 spiro atoms. The van der Waals surface area contributed by atoms with E-state index in [9.17, 15) is 9.59 Å². The largest absolute Gasteiger partial charge is 0.298 e. The molecule has 0 N–H and O–H groups in total. The molecule has 0 unspecified atom stereocenters. The number of Topliss-reactive ketones (excluding diaryl/α,β-unsaturated/α-hetero) is 2. The lowest BCUT2D eigenvalue weighted by Crippen LogP contribution is -1.99. The van der Waals surface area contributed by atoms with Crippen LogP contribution in [0.25, 0.3) is 0 Å². The number of allylic oxidation sites excluding steroid dienone is 3. The summed E-state index contributed by atoms with van der Waals surface area (Å²) < 4.78 is 0. The molecule has 76 valence electrons. The van der Waals surface area contributed by atoms with Crippen LogP contribution in [-0.2, 0) is 9.59 Å². The summed E-state index contributed by atoms with van der Waals surface area (Å²) in [6.45, 7) is 6.92. The molecule has 0 aliphatic carbocycles. The van der Waals surface area contributed by atoms with Gasteiger partial charge in [0.05, 0.1) is 6.54 Å². The molecule has 0 aliphatic heterocycles. The average Bonchev–Trinajstić information content (AvgIpc) is 2.16. The minimum atomic E-state index is -0.0618. The second kappa shape index (κ2) is 6.95. The van der Waals surface area contributed by atoms with Gasteiger partial charge in [0.25, 0.3) is 0 Å². The van der Waals surface area contributed by atoms with E-state index in [4.69, 9.17) is 0 Å². The normalized spacial score (nSPS) is 11.7. The van der Waals surface area contributed by atoms with Gasteiger partial charge in [-0.2, -0.15) is 0 Å². The SMILES string of the molecule is C=C/C(=C\C=NCC(=O)CC)C(C)=O. The molecule has 0 rings (SSSR count). The molecule has 0 amide bonds. The molecule has 3 nitrogen and oxygen atoms in total. The summed E-state index contributed by atoms with van der Waals surface area (Å²) in [6, 6.07) is 0. The van der Waals surface area contributed by atoms with Crippen LogP contribution < -0.4 is 0 Å². The molecule has 0 saturated heterocycles. The summed E-state index contributed by atoms with van der Waals surface area (Å²) >= 11 is 0. The number of carbonyl (C=O) groups is 2. The van der Waals surface area contributed by atoms with E-state index in [0.29, 0.717) is 12.0 Å². The van der Waals surface area contributed by atoms with Gasteiger partial charge in [-0.25, -0.2) is 0 Å². The Balaban J connectivity index is 4.18. The number of carbonyl (C=O) groups excluding carboxylic acids is 2. The van der Waals surface area contributed by atoms with Gasteiger partial charge < -0.3 is 0 Å². The van der Waals surface area contributed by atoms with Gasteiger partial charge in [-0.05, 0) is 13.0 Å². The molecule has 0 aromatic heterocycles. The van der Waals surface area contributed by atoms with Crippen LogP contribution in [0.2, 0.25) is 0 Å². The van der Waals surface area contributed by atoms with Crippen LogP contribution in [0.3, 0.4) is 0 Å². The lowest BCUT2D eigenvalue weighted by atomic mass is 10.2. The van der Waals surface area contributed by atoms with Crippen LogP contribution in [0.5, 0.6) is 0 Å². The van der Waals surface area contributed by atoms with Crippen molar-refractivity contribution < 1.29 is 9.59 Å². The molecule has 0 atom stereocenters. The van der Waals surface area contributed by atoms with Crippen LogP contribution in [-0.4, -0.2) is 24.3 Å². The van der Waals surface area contributed by atoms with E-state index in [2.05, 4.69) is 11.6 Å². The highest BCUT2D eigenvalue weighted by Crippen LogP contribution is 1.95. The van der Waals surface area contributed by atoms with Crippen LogP contribution in [0, 0.1) is 0 Å². The molecule has 3 heteroatoms. The summed E-state index contributed by atoms with van der Waals surface area (Å²) in [6.07, 6.45) is 4.97. The van der Waals surface area contributed by atoms with Crippen molar-refractivity contribution in [3.8, 4) is 0 Å². The third kappa shape index (κ3) is 5.19. The quantitative estimate of drug-likeness (QED) is 0.366. The zero-order chi connectivity index (χ0) is 11.0. The van der Waals surface area contributed by atoms with E-state index < -0.39 is 0 Å². The van der Waals surface area contributed by atoms with Crippen molar-refractivity contribution in [2.24, 2.45) is 4.99 Å². The molecule has 0 aromatic rings. The fourth-order valence-corrected chi connectivity index (χ4v) is 0.728. The Labute approximate surface area is 84.2 Å². The van der Waals surface area contributed by atoms with Crippen molar-refractivity contribution in [3.63, 3.8) is 0 Å². The van der Waals surface area contributed by atoms with E-state index in [0.717, 1.165) is 0 Å². The minimum absolute atomic E-state index is 0.0618. The van der Waals surface area contributed by atoms with Crippen molar-refractivity contribution in [2.75, 3.05) is 6.54 Å². The van der Waals surface area contributed by atoms with Crippen molar-refractivity contribution in [3.05, 3.63) is 24.3 Å². The Morgan fingerprint density at radius 1 is 1.43 bits per heavy atom. The van der Waals surface area contributed by atoms with Crippen molar-refractivity contribution in [1.29, 1.82) is 0 Å². The Bertz CT molecular complexity index is 288.